The van der Waals surface area contributed by atoms with Gasteiger partial charge in [0.1, 0.15) is 0 Å². The van der Waals surface area contributed by atoms with Crippen LogP contribution in [0.2, 0.25) is 0 Å². The van der Waals surface area contributed by atoms with Gasteiger partial charge in [0, 0.05) is 12.1 Å². The predicted octanol–water partition coefficient (Wildman–Crippen LogP) is 0.708. The molecule has 17 heavy (non-hydrogen) atoms. The summed E-state index contributed by atoms with van der Waals surface area (Å²) in [4.78, 5) is 12.7. The third kappa shape index (κ3) is 3.64. The van der Waals surface area contributed by atoms with Gasteiger partial charge in [-0.3, -0.25) is 9.69 Å². The molecule has 0 unspecified atom stereocenters. The molecule has 0 heterocycles. The fourth-order valence-corrected chi connectivity index (χ4v) is 1.60. The topological polar surface area (TPSA) is 75.8 Å². The molecule has 1 aromatic rings. The Kier molecular flexibility index (Phi) is 4.78. The second-order valence-corrected chi connectivity index (χ2v) is 3.74. The van der Waals surface area contributed by atoms with Crippen molar-refractivity contribution in [2.75, 3.05) is 20.2 Å². The summed E-state index contributed by atoms with van der Waals surface area (Å²) in [6.45, 7) is 3.25. The standard InChI is InChI=1S/C12H18N2O3/c1-3-14(8-11(13)15)7-9-5-4-6-10(17-2)12(9)16/h4-6,16H,3,7-8H2,1-2H3,(H2,13,15). The van der Waals surface area contributed by atoms with Crippen LogP contribution in [0.4, 0.5) is 0 Å². The van der Waals surface area contributed by atoms with Crippen LogP contribution in [0.25, 0.3) is 0 Å². The molecular weight excluding hydrogens is 220 g/mol. The molecule has 5 heteroatoms. The maximum absolute atomic E-state index is 10.9. The minimum absolute atomic E-state index is 0.109. The van der Waals surface area contributed by atoms with Crippen LogP contribution in [0.5, 0.6) is 11.5 Å². The van der Waals surface area contributed by atoms with Gasteiger partial charge in [-0.1, -0.05) is 19.1 Å². The fourth-order valence-electron chi connectivity index (χ4n) is 1.60. The van der Waals surface area contributed by atoms with Crippen LogP contribution < -0.4 is 10.5 Å². The molecule has 0 aliphatic carbocycles. The summed E-state index contributed by atoms with van der Waals surface area (Å²) >= 11 is 0. The Bertz CT molecular complexity index is 393. The molecule has 0 aliphatic rings. The third-order valence-electron chi connectivity index (χ3n) is 2.52. The number of methoxy groups -OCH3 is 1. The summed E-state index contributed by atoms with van der Waals surface area (Å²) < 4.78 is 5.02. The fraction of sp³-hybridized carbons (Fsp3) is 0.417. The van der Waals surface area contributed by atoms with Gasteiger partial charge >= 0.3 is 0 Å². The molecule has 0 radical (unpaired) electrons. The lowest BCUT2D eigenvalue weighted by Gasteiger charge is -2.19. The average Bonchev–Trinajstić information content (AvgIpc) is 2.30. The Morgan fingerprint density at radius 2 is 2.24 bits per heavy atom. The van der Waals surface area contributed by atoms with Gasteiger partial charge in [0.25, 0.3) is 0 Å². The number of carbonyl (C=O) groups is 1. The minimum atomic E-state index is -0.380. The summed E-state index contributed by atoms with van der Waals surface area (Å²) in [5.41, 5.74) is 5.86. The van der Waals surface area contributed by atoms with E-state index in [1.165, 1.54) is 7.11 Å². The van der Waals surface area contributed by atoms with E-state index in [-0.39, 0.29) is 18.2 Å². The van der Waals surface area contributed by atoms with Crippen LogP contribution in [-0.2, 0) is 11.3 Å². The van der Waals surface area contributed by atoms with Crippen molar-refractivity contribution >= 4 is 5.91 Å². The molecule has 0 saturated heterocycles. The van der Waals surface area contributed by atoms with Gasteiger partial charge in [0.05, 0.1) is 13.7 Å². The third-order valence-corrected chi connectivity index (χ3v) is 2.52. The first kappa shape index (κ1) is 13.3. The van der Waals surface area contributed by atoms with E-state index in [1.54, 1.807) is 18.2 Å². The number of nitrogens with two attached hydrogens (primary N) is 1. The van der Waals surface area contributed by atoms with Gasteiger partial charge in [0.2, 0.25) is 5.91 Å². The predicted molar refractivity (Wildman–Crippen MR) is 64.8 cm³/mol. The lowest BCUT2D eigenvalue weighted by Crippen LogP contribution is -2.33. The average molecular weight is 238 g/mol. The van der Waals surface area contributed by atoms with E-state index in [4.69, 9.17) is 10.5 Å². The van der Waals surface area contributed by atoms with Crippen LogP contribution in [0.3, 0.4) is 0 Å². The van der Waals surface area contributed by atoms with Crippen molar-refractivity contribution < 1.29 is 14.6 Å². The van der Waals surface area contributed by atoms with E-state index >= 15 is 0 Å². The van der Waals surface area contributed by atoms with E-state index in [2.05, 4.69) is 0 Å². The monoisotopic (exact) mass is 238 g/mol. The van der Waals surface area contributed by atoms with Gasteiger partial charge in [0.15, 0.2) is 11.5 Å². The molecule has 94 valence electrons. The number of benzene rings is 1. The van der Waals surface area contributed by atoms with Gasteiger partial charge in [-0.15, -0.1) is 0 Å². The molecule has 0 bridgehead atoms. The lowest BCUT2D eigenvalue weighted by atomic mass is 10.1. The number of nitrogens with zero attached hydrogens (tertiary/aromatic N) is 1. The van der Waals surface area contributed by atoms with Gasteiger partial charge in [-0.2, -0.15) is 0 Å². The highest BCUT2D eigenvalue weighted by Crippen LogP contribution is 2.30. The number of likely N-dealkylation sites (N-methyl/N-ethyl adjacent to an activating group) is 1. The summed E-state index contributed by atoms with van der Waals surface area (Å²) in [5.74, 6) is 0.157. The van der Waals surface area contributed by atoms with Crippen molar-refractivity contribution in [3.05, 3.63) is 23.8 Å². The van der Waals surface area contributed by atoms with E-state index in [1.807, 2.05) is 11.8 Å². The summed E-state index contributed by atoms with van der Waals surface area (Å²) in [6.07, 6.45) is 0. The smallest absolute Gasteiger partial charge is 0.231 e. The van der Waals surface area contributed by atoms with Crippen molar-refractivity contribution in [2.45, 2.75) is 13.5 Å². The zero-order valence-corrected chi connectivity index (χ0v) is 10.1. The minimum Gasteiger partial charge on any atom is -0.504 e. The van der Waals surface area contributed by atoms with E-state index in [0.717, 1.165) is 0 Å². The molecule has 0 saturated carbocycles. The quantitative estimate of drug-likeness (QED) is 0.765. The SMILES string of the molecule is CCN(CC(N)=O)Cc1cccc(OC)c1O. The van der Waals surface area contributed by atoms with Crippen LogP contribution in [0, 0.1) is 0 Å². The number of amides is 1. The molecular formula is C12H18N2O3. The van der Waals surface area contributed by atoms with Gasteiger partial charge in [-0.05, 0) is 12.6 Å². The largest absolute Gasteiger partial charge is 0.504 e. The maximum Gasteiger partial charge on any atom is 0.231 e. The zero-order chi connectivity index (χ0) is 12.8. The molecule has 1 amide bonds. The summed E-state index contributed by atoms with van der Waals surface area (Å²) in [5, 5.41) is 9.90. The molecule has 5 nitrogen and oxygen atoms in total. The number of hydrogen-bond acceptors (Lipinski definition) is 4. The van der Waals surface area contributed by atoms with Crippen LogP contribution in [0.15, 0.2) is 18.2 Å². The number of aromatic hydroxyl groups is 1. The van der Waals surface area contributed by atoms with Crippen LogP contribution in [0.1, 0.15) is 12.5 Å². The first-order valence-corrected chi connectivity index (χ1v) is 5.44. The molecule has 0 atom stereocenters. The van der Waals surface area contributed by atoms with Crippen molar-refractivity contribution in [1.29, 1.82) is 0 Å². The Hall–Kier alpha value is -1.75. The Balaban J connectivity index is 2.82. The van der Waals surface area contributed by atoms with Crippen molar-refractivity contribution in [3.8, 4) is 11.5 Å². The number of carbonyl (C=O) groups excluding carboxylic acids is 1. The Morgan fingerprint density at radius 1 is 1.53 bits per heavy atom. The number of phenolic OH excluding ortho intramolecular Hbond substituents is 1. The Labute approximate surface area is 101 Å². The second kappa shape index (κ2) is 6.10. The molecule has 0 aromatic heterocycles. The van der Waals surface area contributed by atoms with E-state index in [9.17, 15) is 9.90 Å². The molecule has 0 spiro atoms. The highest BCUT2D eigenvalue weighted by atomic mass is 16.5. The molecule has 3 N–H and O–H groups in total. The number of hydrogen-bond donors (Lipinski definition) is 2. The normalized spacial score (nSPS) is 10.5. The summed E-state index contributed by atoms with van der Waals surface area (Å²) in [7, 11) is 1.50. The Morgan fingerprint density at radius 3 is 2.76 bits per heavy atom. The zero-order valence-electron chi connectivity index (χ0n) is 10.1. The summed E-state index contributed by atoms with van der Waals surface area (Å²) in [6, 6.07) is 5.27. The number of primary amides is 1. The van der Waals surface area contributed by atoms with Crippen molar-refractivity contribution in [3.63, 3.8) is 0 Å². The first-order valence-electron chi connectivity index (χ1n) is 5.44. The number of ether oxygens (including phenoxy) is 1. The molecule has 0 aliphatic heterocycles. The number of rotatable bonds is 6. The van der Waals surface area contributed by atoms with Gasteiger partial charge in [-0.25, -0.2) is 0 Å². The molecule has 1 aromatic carbocycles. The number of phenols is 1. The van der Waals surface area contributed by atoms with Crippen molar-refractivity contribution in [2.24, 2.45) is 5.73 Å². The van der Waals surface area contributed by atoms with Crippen LogP contribution >= 0.6 is 0 Å². The van der Waals surface area contributed by atoms with Crippen LogP contribution in [-0.4, -0.2) is 36.1 Å². The van der Waals surface area contributed by atoms with Crippen molar-refractivity contribution in [1.82, 2.24) is 4.90 Å². The highest BCUT2D eigenvalue weighted by molar-refractivity contribution is 5.75. The second-order valence-electron chi connectivity index (χ2n) is 3.74. The maximum atomic E-state index is 10.9. The van der Waals surface area contributed by atoms with E-state index in [0.29, 0.717) is 24.4 Å². The first-order chi connectivity index (χ1) is 8.08. The van der Waals surface area contributed by atoms with Gasteiger partial charge < -0.3 is 15.6 Å². The molecule has 1 rings (SSSR count). The number of para-hydroxylation sites is 1. The lowest BCUT2D eigenvalue weighted by molar-refractivity contribution is -0.119. The highest BCUT2D eigenvalue weighted by Gasteiger charge is 2.12. The van der Waals surface area contributed by atoms with E-state index < -0.39 is 0 Å². The molecule has 0 fully saturated rings.